The first-order valence-corrected chi connectivity index (χ1v) is 5.47. The summed E-state index contributed by atoms with van der Waals surface area (Å²) in [6.07, 6.45) is -1.38. The zero-order chi connectivity index (χ0) is 12.2. The van der Waals surface area contributed by atoms with Gasteiger partial charge in [-0.15, -0.1) is 11.6 Å². The third-order valence-corrected chi connectivity index (χ3v) is 2.79. The Hall–Kier alpha value is -1.06. The number of alkyl halides is 1. The number of carbonyl (C=O) groups excluding carboxylic acids is 1. The van der Waals surface area contributed by atoms with E-state index in [2.05, 4.69) is 0 Å². The minimum Gasteiger partial charge on any atom is -0.464 e. The summed E-state index contributed by atoms with van der Waals surface area (Å²) in [4.78, 5) is 10.2. The Labute approximate surface area is 100.0 Å². The van der Waals surface area contributed by atoms with Crippen LogP contribution in [0.25, 0.3) is 0 Å². The second-order valence-corrected chi connectivity index (χ2v) is 4.38. The highest BCUT2D eigenvalue weighted by Gasteiger charge is 2.38. The van der Waals surface area contributed by atoms with Crippen molar-refractivity contribution in [2.45, 2.75) is 24.8 Å². The molecule has 0 aliphatic carbocycles. The molecule has 1 N–H and O–H groups in total. The lowest BCUT2D eigenvalue weighted by molar-refractivity contribution is -0.154. The van der Waals surface area contributed by atoms with Gasteiger partial charge >= 0.3 is 5.97 Å². The highest BCUT2D eigenvalue weighted by atomic mass is 35.5. The molecular weight excluding hydrogens is 228 g/mol. The van der Waals surface area contributed by atoms with Crippen LogP contribution in [0.1, 0.15) is 19.4 Å². The lowest BCUT2D eigenvalue weighted by Crippen LogP contribution is -2.39. The molecule has 16 heavy (non-hydrogen) atoms. The normalized spacial score (nSPS) is 16.2. The van der Waals surface area contributed by atoms with Gasteiger partial charge in [-0.25, -0.2) is 4.79 Å². The average molecular weight is 243 g/mol. The van der Waals surface area contributed by atoms with E-state index in [0.717, 1.165) is 0 Å². The molecule has 2 unspecified atom stereocenters. The van der Waals surface area contributed by atoms with Crippen LogP contribution in [0.15, 0.2) is 30.3 Å². The van der Waals surface area contributed by atoms with Gasteiger partial charge in [0.1, 0.15) is 4.87 Å². The summed E-state index contributed by atoms with van der Waals surface area (Å²) in [5.41, 5.74) is 0.678. The van der Waals surface area contributed by atoms with E-state index in [1.54, 1.807) is 38.1 Å². The average Bonchev–Trinajstić information content (AvgIpc) is 2.29. The van der Waals surface area contributed by atoms with Gasteiger partial charge in [-0.1, -0.05) is 30.3 Å². The van der Waals surface area contributed by atoms with Crippen LogP contribution < -0.4 is 0 Å². The molecule has 0 aliphatic heterocycles. The van der Waals surface area contributed by atoms with Crippen molar-refractivity contribution in [3.63, 3.8) is 0 Å². The fourth-order valence-corrected chi connectivity index (χ4v) is 1.58. The zero-order valence-electron chi connectivity index (χ0n) is 9.31. The minimum atomic E-state index is -1.38. The maximum absolute atomic E-state index is 11.4. The second-order valence-electron chi connectivity index (χ2n) is 3.60. The Balaban J connectivity index is 2.89. The van der Waals surface area contributed by atoms with Crippen molar-refractivity contribution in [3.8, 4) is 0 Å². The predicted molar refractivity (Wildman–Crippen MR) is 62.3 cm³/mol. The first-order chi connectivity index (χ1) is 7.50. The zero-order valence-corrected chi connectivity index (χ0v) is 10.1. The summed E-state index contributed by atoms with van der Waals surface area (Å²) < 4.78 is 4.74. The van der Waals surface area contributed by atoms with Crippen LogP contribution in [-0.2, 0) is 14.4 Å². The number of aliphatic hydroxyl groups is 1. The van der Waals surface area contributed by atoms with Crippen LogP contribution in [0.5, 0.6) is 0 Å². The summed E-state index contributed by atoms with van der Waals surface area (Å²) >= 11 is 6.19. The van der Waals surface area contributed by atoms with Crippen molar-refractivity contribution in [2.75, 3.05) is 6.61 Å². The summed E-state index contributed by atoms with van der Waals surface area (Å²) in [6.45, 7) is 3.49. The number of esters is 1. The number of rotatable bonds is 4. The van der Waals surface area contributed by atoms with E-state index in [4.69, 9.17) is 16.3 Å². The number of aliphatic hydroxyl groups excluding tert-OH is 1. The van der Waals surface area contributed by atoms with E-state index in [1.807, 2.05) is 6.07 Å². The molecule has 0 spiro atoms. The van der Waals surface area contributed by atoms with E-state index >= 15 is 0 Å². The fourth-order valence-electron chi connectivity index (χ4n) is 1.36. The largest absolute Gasteiger partial charge is 0.464 e. The first-order valence-electron chi connectivity index (χ1n) is 5.09. The Bertz CT molecular complexity index is 349. The number of halogens is 1. The van der Waals surface area contributed by atoms with Crippen LogP contribution in [0.3, 0.4) is 0 Å². The van der Waals surface area contributed by atoms with Crippen LogP contribution in [-0.4, -0.2) is 23.8 Å². The van der Waals surface area contributed by atoms with E-state index in [1.165, 1.54) is 0 Å². The molecule has 2 atom stereocenters. The second kappa shape index (κ2) is 5.32. The molecule has 1 aromatic rings. The first kappa shape index (κ1) is 13.0. The summed E-state index contributed by atoms with van der Waals surface area (Å²) in [5, 5.41) is 9.82. The number of carbonyl (C=O) groups is 1. The van der Waals surface area contributed by atoms with Gasteiger partial charge in [0.05, 0.1) is 6.61 Å². The maximum Gasteiger partial charge on any atom is 0.337 e. The van der Waals surface area contributed by atoms with Gasteiger partial charge in [0.2, 0.25) is 0 Å². The minimum absolute atomic E-state index is 0.220. The molecule has 4 heteroatoms. The molecule has 0 saturated carbocycles. The SMILES string of the molecule is CCOC(=O)C(O)C(C)(Cl)c1ccccc1. The Morgan fingerprint density at radius 2 is 2.06 bits per heavy atom. The van der Waals surface area contributed by atoms with Gasteiger partial charge in [0.15, 0.2) is 6.10 Å². The Morgan fingerprint density at radius 3 is 2.56 bits per heavy atom. The number of hydrogen-bond acceptors (Lipinski definition) is 3. The Morgan fingerprint density at radius 1 is 1.50 bits per heavy atom. The number of ether oxygens (including phenoxy) is 1. The molecule has 3 nitrogen and oxygen atoms in total. The molecule has 1 rings (SSSR count). The predicted octanol–water partition coefficient (Wildman–Crippen LogP) is 2.06. The van der Waals surface area contributed by atoms with Gasteiger partial charge in [-0.2, -0.15) is 0 Å². The van der Waals surface area contributed by atoms with Crippen molar-refractivity contribution in [1.29, 1.82) is 0 Å². The van der Waals surface area contributed by atoms with Crippen LogP contribution in [0.4, 0.5) is 0 Å². The maximum atomic E-state index is 11.4. The highest BCUT2D eigenvalue weighted by molar-refractivity contribution is 6.25. The molecule has 1 aromatic carbocycles. The molecular formula is C12H15ClO3. The van der Waals surface area contributed by atoms with Gasteiger partial charge < -0.3 is 9.84 Å². The number of benzene rings is 1. The summed E-state index contributed by atoms with van der Waals surface area (Å²) in [5.74, 6) is -0.705. The van der Waals surface area contributed by atoms with Gasteiger partial charge in [0, 0.05) is 0 Å². The topological polar surface area (TPSA) is 46.5 Å². The molecule has 0 saturated heterocycles. The molecule has 0 fully saturated rings. The molecule has 0 heterocycles. The lowest BCUT2D eigenvalue weighted by atomic mass is 9.94. The van der Waals surface area contributed by atoms with Crippen LogP contribution in [0, 0.1) is 0 Å². The quantitative estimate of drug-likeness (QED) is 0.650. The smallest absolute Gasteiger partial charge is 0.337 e. The molecule has 0 aromatic heterocycles. The molecule has 0 radical (unpaired) electrons. The highest BCUT2D eigenvalue weighted by Crippen LogP contribution is 2.32. The van der Waals surface area contributed by atoms with Crippen molar-refractivity contribution >= 4 is 17.6 Å². The third-order valence-electron chi connectivity index (χ3n) is 2.36. The number of hydrogen-bond donors (Lipinski definition) is 1. The van der Waals surface area contributed by atoms with E-state index in [0.29, 0.717) is 5.56 Å². The van der Waals surface area contributed by atoms with Crippen molar-refractivity contribution in [1.82, 2.24) is 0 Å². The van der Waals surface area contributed by atoms with E-state index in [-0.39, 0.29) is 6.61 Å². The van der Waals surface area contributed by atoms with Gasteiger partial charge in [0.25, 0.3) is 0 Å². The molecule has 88 valence electrons. The van der Waals surface area contributed by atoms with Crippen LogP contribution in [0.2, 0.25) is 0 Å². The monoisotopic (exact) mass is 242 g/mol. The van der Waals surface area contributed by atoms with Crippen LogP contribution >= 0.6 is 11.6 Å². The Kier molecular flexibility index (Phi) is 4.33. The van der Waals surface area contributed by atoms with E-state index < -0.39 is 16.9 Å². The fraction of sp³-hybridized carbons (Fsp3) is 0.417. The summed E-state index contributed by atoms with van der Waals surface area (Å²) in [7, 11) is 0. The third kappa shape index (κ3) is 2.74. The van der Waals surface area contributed by atoms with E-state index in [9.17, 15) is 9.90 Å². The van der Waals surface area contributed by atoms with Crippen molar-refractivity contribution in [2.24, 2.45) is 0 Å². The van der Waals surface area contributed by atoms with Gasteiger partial charge in [-0.3, -0.25) is 0 Å². The van der Waals surface area contributed by atoms with Crippen molar-refractivity contribution < 1.29 is 14.6 Å². The van der Waals surface area contributed by atoms with Gasteiger partial charge in [-0.05, 0) is 19.4 Å². The molecule has 0 amide bonds. The molecule has 0 bridgehead atoms. The lowest BCUT2D eigenvalue weighted by Gasteiger charge is -2.26. The standard InChI is InChI=1S/C12H15ClO3/c1-3-16-11(15)10(14)12(2,13)9-7-5-4-6-8-9/h4-8,10,14H,3H2,1-2H3. The summed E-state index contributed by atoms with van der Waals surface area (Å²) in [6, 6.07) is 8.96. The van der Waals surface area contributed by atoms with Crippen molar-refractivity contribution in [3.05, 3.63) is 35.9 Å². The molecule has 0 aliphatic rings.